The number of allylic oxidation sites excluding steroid dienone is 2. The third kappa shape index (κ3) is 3.08. The summed E-state index contributed by atoms with van der Waals surface area (Å²) in [7, 11) is 1.49. The molecule has 0 aliphatic heterocycles. The van der Waals surface area contributed by atoms with Crippen molar-refractivity contribution < 1.29 is 14.3 Å². The normalized spacial score (nSPS) is 43.4. The summed E-state index contributed by atoms with van der Waals surface area (Å²) in [6, 6.07) is 0. The summed E-state index contributed by atoms with van der Waals surface area (Å²) in [4.78, 5) is 23.7. The van der Waals surface area contributed by atoms with Crippen molar-refractivity contribution >= 4 is 11.8 Å². The van der Waals surface area contributed by atoms with Crippen molar-refractivity contribution in [2.45, 2.75) is 85.0 Å². The van der Waals surface area contributed by atoms with Gasteiger partial charge in [-0.3, -0.25) is 9.59 Å². The molecule has 0 radical (unpaired) electrons. The van der Waals surface area contributed by atoms with Crippen LogP contribution in [-0.2, 0) is 14.3 Å². The molecule has 0 aromatic rings. The van der Waals surface area contributed by atoms with Gasteiger partial charge in [0.05, 0.1) is 7.11 Å². The van der Waals surface area contributed by atoms with Gasteiger partial charge in [0.2, 0.25) is 0 Å². The molecule has 0 saturated heterocycles. The van der Waals surface area contributed by atoms with Crippen LogP contribution in [0.5, 0.6) is 0 Å². The Morgan fingerprint density at radius 1 is 1.18 bits per heavy atom. The lowest BCUT2D eigenvalue weighted by Gasteiger charge is -2.57. The molecule has 4 aliphatic carbocycles. The lowest BCUT2D eigenvalue weighted by atomic mass is 9.47. The molecule has 28 heavy (non-hydrogen) atoms. The highest BCUT2D eigenvalue weighted by atomic mass is 16.5. The van der Waals surface area contributed by atoms with Crippen LogP contribution in [0.25, 0.3) is 0 Å². The van der Waals surface area contributed by atoms with Gasteiger partial charge >= 0.3 is 5.97 Å². The molecule has 0 heterocycles. The Morgan fingerprint density at radius 2 is 1.93 bits per heavy atom. The highest BCUT2D eigenvalue weighted by Gasteiger charge is 2.58. The number of carbonyl (C=O) groups excluding carboxylic acids is 2. The first kappa shape index (κ1) is 20.2. The maximum Gasteiger partial charge on any atom is 0.305 e. The van der Waals surface area contributed by atoms with Gasteiger partial charge in [0.15, 0.2) is 0 Å². The maximum atomic E-state index is 12.0. The summed E-state index contributed by atoms with van der Waals surface area (Å²) in [5.41, 5.74) is 2.48. The zero-order chi connectivity index (χ0) is 20.1. The highest BCUT2D eigenvalue weighted by Crippen LogP contribution is 2.66. The quantitative estimate of drug-likeness (QED) is 0.458. The highest BCUT2D eigenvalue weighted by molar-refractivity contribution is 5.79. The van der Waals surface area contributed by atoms with Gasteiger partial charge in [-0.15, -0.1) is 0 Å². The minimum atomic E-state index is -0.0731. The first-order valence-electron chi connectivity index (χ1n) is 11.6. The van der Waals surface area contributed by atoms with E-state index in [1.165, 1.54) is 32.8 Å². The van der Waals surface area contributed by atoms with Crippen LogP contribution in [0.1, 0.15) is 85.0 Å². The monoisotopic (exact) mass is 386 g/mol. The van der Waals surface area contributed by atoms with Gasteiger partial charge in [0.25, 0.3) is 0 Å². The molecule has 156 valence electrons. The molecule has 4 aliphatic rings. The largest absolute Gasteiger partial charge is 0.469 e. The molecule has 0 bridgehead atoms. The van der Waals surface area contributed by atoms with Gasteiger partial charge < -0.3 is 4.74 Å². The van der Waals surface area contributed by atoms with Crippen LogP contribution in [0.4, 0.5) is 0 Å². The number of Topliss-reactive ketones (excluding diaryl/α,β-unsaturated/α-hetero) is 1. The molecular weight excluding hydrogens is 348 g/mol. The second kappa shape index (κ2) is 7.29. The van der Waals surface area contributed by atoms with Crippen LogP contribution in [0.15, 0.2) is 11.6 Å². The predicted octanol–water partition coefficient (Wildman–Crippen LogP) is 5.72. The average molecular weight is 387 g/mol. The molecule has 0 amide bonds. The van der Waals surface area contributed by atoms with E-state index in [2.05, 4.69) is 26.8 Å². The SMILES string of the molecule is COC(=O)CC[C@@H](C)[C@H]1CC[C@H]2C3=CC[C@@H]4CC(=O)CC[C@]4(C)[C@H]3CC[C@]12C. The van der Waals surface area contributed by atoms with Crippen molar-refractivity contribution in [3.05, 3.63) is 11.6 Å². The topological polar surface area (TPSA) is 43.4 Å². The van der Waals surface area contributed by atoms with Crippen molar-refractivity contribution in [3.63, 3.8) is 0 Å². The fourth-order valence-corrected chi connectivity index (χ4v) is 7.93. The Labute approximate surface area is 170 Å². The summed E-state index contributed by atoms with van der Waals surface area (Å²) in [6.45, 7) is 7.39. The Balaban J connectivity index is 1.53. The first-order chi connectivity index (χ1) is 13.3. The molecule has 0 aromatic carbocycles. The minimum absolute atomic E-state index is 0.0731. The van der Waals surface area contributed by atoms with Crippen molar-refractivity contribution in [2.24, 2.45) is 40.4 Å². The van der Waals surface area contributed by atoms with Crippen molar-refractivity contribution in [1.29, 1.82) is 0 Å². The van der Waals surface area contributed by atoms with E-state index in [9.17, 15) is 9.59 Å². The third-order valence-electron chi connectivity index (χ3n) is 9.69. The standard InChI is InChI=1S/C25H38O3/c1-16(5-10-23(27)28-4)20-8-9-21-19-7-6-17-15-18(26)11-13-24(17,2)22(19)12-14-25(20,21)3/h7,16-17,20-22H,5-6,8-15H2,1-4H3/t16-,17-,20-,21+,22+,24+,25-/m1/s1. The fraction of sp³-hybridized carbons (Fsp3) is 0.840. The second-order valence-corrected chi connectivity index (χ2v) is 10.8. The van der Waals surface area contributed by atoms with Crippen LogP contribution < -0.4 is 0 Å². The predicted molar refractivity (Wildman–Crippen MR) is 111 cm³/mol. The van der Waals surface area contributed by atoms with Gasteiger partial charge in [-0.25, -0.2) is 0 Å². The van der Waals surface area contributed by atoms with E-state index in [0.29, 0.717) is 52.6 Å². The number of hydrogen-bond acceptors (Lipinski definition) is 3. The number of methoxy groups -OCH3 is 1. The summed E-state index contributed by atoms with van der Waals surface area (Å²) >= 11 is 0. The fourth-order valence-electron chi connectivity index (χ4n) is 7.93. The van der Waals surface area contributed by atoms with Gasteiger partial charge in [-0.05, 0) is 85.4 Å². The van der Waals surface area contributed by atoms with Gasteiger partial charge in [-0.1, -0.05) is 32.4 Å². The van der Waals surface area contributed by atoms with Crippen molar-refractivity contribution in [1.82, 2.24) is 0 Å². The van der Waals surface area contributed by atoms with E-state index in [1.54, 1.807) is 5.57 Å². The molecule has 0 unspecified atom stereocenters. The van der Waals surface area contributed by atoms with E-state index in [4.69, 9.17) is 4.74 Å². The summed E-state index contributed by atoms with van der Waals surface area (Å²) in [5.74, 6) is 3.68. The average Bonchev–Trinajstić information content (AvgIpc) is 3.03. The van der Waals surface area contributed by atoms with E-state index < -0.39 is 0 Å². The smallest absolute Gasteiger partial charge is 0.305 e. The molecule has 0 N–H and O–H groups in total. The van der Waals surface area contributed by atoms with E-state index in [1.807, 2.05) is 0 Å². The van der Waals surface area contributed by atoms with Crippen LogP contribution in [0.2, 0.25) is 0 Å². The van der Waals surface area contributed by atoms with E-state index in [-0.39, 0.29) is 5.97 Å². The molecular formula is C25H38O3. The molecule has 3 saturated carbocycles. The lowest BCUT2D eigenvalue weighted by molar-refractivity contribution is -0.141. The van der Waals surface area contributed by atoms with E-state index >= 15 is 0 Å². The van der Waals surface area contributed by atoms with Crippen molar-refractivity contribution in [3.8, 4) is 0 Å². The molecule has 3 heteroatoms. The van der Waals surface area contributed by atoms with Gasteiger partial charge in [-0.2, -0.15) is 0 Å². The van der Waals surface area contributed by atoms with Gasteiger partial charge in [0.1, 0.15) is 5.78 Å². The number of hydrogen-bond donors (Lipinski definition) is 0. The summed E-state index contributed by atoms with van der Waals surface area (Å²) in [6.07, 6.45) is 13.1. The number of ether oxygens (including phenoxy) is 1. The number of fused-ring (bicyclic) bond motifs is 5. The molecule has 3 fully saturated rings. The molecule has 7 atom stereocenters. The number of ketones is 1. The lowest BCUT2D eigenvalue weighted by Crippen LogP contribution is -2.49. The number of carbonyl (C=O) groups is 2. The number of esters is 1. The first-order valence-corrected chi connectivity index (χ1v) is 11.6. The minimum Gasteiger partial charge on any atom is -0.469 e. The molecule has 4 rings (SSSR count). The molecule has 0 spiro atoms. The van der Waals surface area contributed by atoms with Crippen LogP contribution in [0, 0.1) is 40.4 Å². The zero-order valence-electron chi connectivity index (χ0n) is 18.3. The Morgan fingerprint density at radius 3 is 2.68 bits per heavy atom. The van der Waals surface area contributed by atoms with E-state index in [0.717, 1.165) is 32.1 Å². The molecule has 0 aromatic heterocycles. The van der Waals surface area contributed by atoms with Crippen LogP contribution in [-0.4, -0.2) is 18.9 Å². The van der Waals surface area contributed by atoms with Crippen LogP contribution >= 0.6 is 0 Å². The Hall–Kier alpha value is -1.12. The summed E-state index contributed by atoms with van der Waals surface area (Å²) < 4.78 is 4.86. The zero-order valence-corrected chi connectivity index (χ0v) is 18.3. The van der Waals surface area contributed by atoms with Crippen molar-refractivity contribution in [2.75, 3.05) is 7.11 Å². The summed E-state index contributed by atoms with van der Waals surface area (Å²) in [5, 5.41) is 0. The molecule has 3 nitrogen and oxygen atoms in total. The number of rotatable bonds is 4. The third-order valence-corrected chi connectivity index (χ3v) is 9.69. The maximum absolute atomic E-state index is 12.0. The second-order valence-electron chi connectivity index (χ2n) is 10.8. The Bertz CT molecular complexity index is 679. The van der Waals surface area contributed by atoms with Gasteiger partial charge in [0, 0.05) is 19.3 Å². The van der Waals surface area contributed by atoms with Crippen LogP contribution in [0.3, 0.4) is 0 Å². The Kier molecular flexibility index (Phi) is 5.25.